The molecule has 0 aliphatic rings. The summed E-state index contributed by atoms with van der Waals surface area (Å²) in [7, 11) is -2.89. The zero-order valence-electron chi connectivity index (χ0n) is 9.17. The summed E-state index contributed by atoms with van der Waals surface area (Å²) < 4.78 is 21.7. The van der Waals surface area contributed by atoms with Crippen LogP contribution >= 0.6 is 11.8 Å². The van der Waals surface area contributed by atoms with Crippen molar-refractivity contribution in [3.8, 4) is 0 Å². The van der Waals surface area contributed by atoms with E-state index < -0.39 is 15.9 Å². The Morgan fingerprint density at radius 1 is 1.31 bits per heavy atom. The first-order valence-corrected chi connectivity index (χ1v) is 8.19. The number of benzene rings is 1. The third kappa shape index (κ3) is 5.53. The average Bonchev–Trinajstić information content (AvgIpc) is 2.24. The number of sulfone groups is 1. The molecule has 1 atom stereocenters. The van der Waals surface area contributed by atoms with Crippen molar-refractivity contribution in [1.29, 1.82) is 0 Å². The second-order valence-electron chi connectivity index (χ2n) is 3.63. The predicted octanol–water partition coefficient (Wildman–Crippen LogP) is 1.50. The summed E-state index contributed by atoms with van der Waals surface area (Å²) in [6, 6.07) is 9.37. The van der Waals surface area contributed by atoms with E-state index in [1.807, 2.05) is 30.3 Å². The fraction of sp³-hybridized carbons (Fsp3) is 0.455. The minimum absolute atomic E-state index is 0.166. The monoisotopic (exact) mass is 260 g/mol. The van der Waals surface area contributed by atoms with Gasteiger partial charge in [-0.2, -0.15) is 11.8 Å². The van der Waals surface area contributed by atoms with E-state index in [0.29, 0.717) is 11.5 Å². The van der Waals surface area contributed by atoms with Gasteiger partial charge in [0.25, 0.3) is 0 Å². The SMILES string of the molecule is CS(=O)(=O)CCSCC(O)c1ccccc1. The van der Waals surface area contributed by atoms with Crippen LogP contribution in [0.2, 0.25) is 0 Å². The summed E-state index contributed by atoms with van der Waals surface area (Å²) in [6.45, 7) is 0. The van der Waals surface area contributed by atoms with Crippen LogP contribution in [0, 0.1) is 0 Å². The Hall–Kier alpha value is -0.520. The van der Waals surface area contributed by atoms with Crippen LogP contribution in [0.15, 0.2) is 30.3 Å². The molecule has 0 amide bonds. The van der Waals surface area contributed by atoms with Gasteiger partial charge in [-0.3, -0.25) is 0 Å². The molecule has 1 unspecified atom stereocenters. The van der Waals surface area contributed by atoms with E-state index in [-0.39, 0.29) is 5.75 Å². The highest BCUT2D eigenvalue weighted by Crippen LogP contribution is 2.17. The predicted molar refractivity (Wildman–Crippen MR) is 68.4 cm³/mol. The van der Waals surface area contributed by atoms with Crippen LogP contribution in [-0.4, -0.2) is 37.0 Å². The van der Waals surface area contributed by atoms with Gasteiger partial charge in [0.2, 0.25) is 0 Å². The van der Waals surface area contributed by atoms with Crippen molar-refractivity contribution in [2.75, 3.05) is 23.5 Å². The number of hydrogen-bond acceptors (Lipinski definition) is 4. The average molecular weight is 260 g/mol. The molecule has 5 heteroatoms. The van der Waals surface area contributed by atoms with E-state index in [1.165, 1.54) is 18.0 Å². The molecule has 0 aliphatic heterocycles. The fourth-order valence-electron chi connectivity index (χ4n) is 1.18. The highest BCUT2D eigenvalue weighted by Gasteiger charge is 2.08. The third-order valence-corrected chi connectivity index (χ3v) is 4.31. The fourth-order valence-corrected chi connectivity index (χ4v) is 3.44. The Bertz CT molecular complexity index is 400. The molecule has 3 nitrogen and oxygen atoms in total. The molecule has 16 heavy (non-hydrogen) atoms. The van der Waals surface area contributed by atoms with Crippen molar-refractivity contribution in [1.82, 2.24) is 0 Å². The highest BCUT2D eigenvalue weighted by molar-refractivity contribution is 8.00. The van der Waals surface area contributed by atoms with E-state index in [0.717, 1.165) is 5.56 Å². The van der Waals surface area contributed by atoms with Crippen molar-refractivity contribution in [3.63, 3.8) is 0 Å². The van der Waals surface area contributed by atoms with Gasteiger partial charge in [0.1, 0.15) is 9.84 Å². The van der Waals surface area contributed by atoms with Crippen molar-refractivity contribution in [2.45, 2.75) is 6.10 Å². The molecule has 1 rings (SSSR count). The smallest absolute Gasteiger partial charge is 0.148 e. The van der Waals surface area contributed by atoms with Crippen LogP contribution in [0.3, 0.4) is 0 Å². The van der Waals surface area contributed by atoms with Crippen LogP contribution in [0.5, 0.6) is 0 Å². The number of hydrogen-bond donors (Lipinski definition) is 1. The minimum Gasteiger partial charge on any atom is -0.388 e. The molecule has 1 N–H and O–H groups in total. The maximum atomic E-state index is 10.9. The van der Waals surface area contributed by atoms with Crippen molar-refractivity contribution in [3.05, 3.63) is 35.9 Å². The van der Waals surface area contributed by atoms with Crippen molar-refractivity contribution in [2.24, 2.45) is 0 Å². The van der Waals surface area contributed by atoms with Gasteiger partial charge < -0.3 is 5.11 Å². The summed E-state index contributed by atoms with van der Waals surface area (Å²) >= 11 is 1.45. The van der Waals surface area contributed by atoms with Crippen molar-refractivity contribution < 1.29 is 13.5 Å². The molecule has 90 valence electrons. The van der Waals surface area contributed by atoms with Gasteiger partial charge in [-0.25, -0.2) is 8.42 Å². The van der Waals surface area contributed by atoms with E-state index in [4.69, 9.17) is 0 Å². The number of thioether (sulfide) groups is 1. The van der Waals surface area contributed by atoms with Crippen LogP contribution in [0.25, 0.3) is 0 Å². The van der Waals surface area contributed by atoms with Crippen molar-refractivity contribution >= 4 is 21.6 Å². The van der Waals surface area contributed by atoms with Crippen LogP contribution in [0.4, 0.5) is 0 Å². The summed E-state index contributed by atoms with van der Waals surface area (Å²) in [5.41, 5.74) is 0.870. The Morgan fingerprint density at radius 3 is 2.50 bits per heavy atom. The largest absolute Gasteiger partial charge is 0.388 e. The molecule has 0 spiro atoms. The number of aliphatic hydroxyl groups is 1. The summed E-state index contributed by atoms with van der Waals surface area (Å²) in [4.78, 5) is 0. The van der Waals surface area contributed by atoms with Crippen LogP contribution in [-0.2, 0) is 9.84 Å². The van der Waals surface area contributed by atoms with E-state index >= 15 is 0 Å². The van der Waals surface area contributed by atoms with Gasteiger partial charge in [0.15, 0.2) is 0 Å². The summed E-state index contributed by atoms with van der Waals surface area (Å²) in [5.74, 6) is 1.22. The van der Waals surface area contributed by atoms with Crippen LogP contribution in [0.1, 0.15) is 11.7 Å². The zero-order chi connectivity index (χ0) is 12.0. The molecular formula is C11H16O3S2. The second kappa shape index (κ2) is 6.27. The summed E-state index contributed by atoms with van der Waals surface area (Å²) in [6.07, 6.45) is 0.701. The molecule has 0 saturated carbocycles. The molecular weight excluding hydrogens is 244 g/mol. The molecule has 0 saturated heterocycles. The summed E-state index contributed by atoms with van der Waals surface area (Å²) in [5, 5.41) is 9.78. The maximum Gasteiger partial charge on any atom is 0.148 e. The lowest BCUT2D eigenvalue weighted by molar-refractivity contribution is 0.204. The maximum absolute atomic E-state index is 10.9. The molecule has 0 aliphatic carbocycles. The molecule has 0 aromatic heterocycles. The van der Waals surface area contributed by atoms with E-state index in [1.54, 1.807) is 0 Å². The minimum atomic E-state index is -2.89. The van der Waals surface area contributed by atoms with Crippen LogP contribution < -0.4 is 0 Å². The molecule has 1 aromatic rings. The Morgan fingerprint density at radius 2 is 1.94 bits per heavy atom. The first-order valence-electron chi connectivity index (χ1n) is 4.97. The quantitative estimate of drug-likeness (QED) is 0.788. The molecule has 0 bridgehead atoms. The van der Waals surface area contributed by atoms with E-state index in [2.05, 4.69) is 0 Å². The second-order valence-corrected chi connectivity index (χ2v) is 7.04. The number of aliphatic hydroxyl groups excluding tert-OH is 1. The first-order chi connectivity index (χ1) is 7.49. The zero-order valence-corrected chi connectivity index (χ0v) is 10.8. The van der Waals surface area contributed by atoms with Gasteiger partial charge in [-0.1, -0.05) is 30.3 Å². The lowest BCUT2D eigenvalue weighted by Crippen LogP contribution is -2.07. The third-order valence-electron chi connectivity index (χ3n) is 2.06. The number of rotatable bonds is 6. The highest BCUT2D eigenvalue weighted by atomic mass is 32.2. The van der Waals surface area contributed by atoms with E-state index in [9.17, 15) is 13.5 Å². The Balaban J connectivity index is 2.29. The Labute approximate surface area is 101 Å². The first kappa shape index (κ1) is 13.5. The van der Waals surface area contributed by atoms with Gasteiger partial charge in [0, 0.05) is 17.8 Å². The lowest BCUT2D eigenvalue weighted by atomic mass is 10.1. The van der Waals surface area contributed by atoms with Gasteiger partial charge in [0.05, 0.1) is 11.9 Å². The molecule has 0 fully saturated rings. The van der Waals surface area contributed by atoms with Gasteiger partial charge >= 0.3 is 0 Å². The normalized spacial score (nSPS) is 13.6. The molecule has 0 heterocycles. The van der Waals surface area contributed by atoms with Gasteiger partial charge in [-0.05, 0) is 5.56 Å². The molecule has 1 aromatic carbocycles. The topological polar surface area (TPSA) is 54.4 Å². The molecule has 0 radical (unpaired) electrons. The standard InChI is InChI=1S/C11H16O3S2/c1-16(13,14)8-7-15-9-11(12)10-5-3-2-4-6-10/h2-6,11-12H,7-9H2,1H3. The Kier molecular flexibility index (Phi) is 5.31. The van der Waals surface area contributed by atoms with Gasteiger partial charge in [-0.15, -0.1) is 0 Å². The lowest BCUT2D eigenvalue weighted by Gasteiger charge is -2.09.